The van der Waals surface area contributed by atoms with Gasteiger partial charge in [-0.3, -0.25) is 4.31 Å². The van der Waals surface area contributed by atoms with Crippen molar-refractivity contribution in [1.82, 2.24) is 5.32 Å². The number of nitrogens with two attached hydrogens (primary N) is 1. The van der Waals surface area contributed by atoms with Crippen molar-refractivity contribution >= 4 is 21.7 Å². The molecule has 3 N–H and O–H groups in total. The molecule has 0 radical (unpaired) electrons. The average Bonchev–Trinajstić information content (AvgIpc) is 2.86. The summed E-state index contributed by atoms with van der Waals surface area (Å²) in [4.78, 5) is 13.1. The second-order valence-electron chi connectivity index (χ2n) is 9.17. The number of hydrogen-bond acceptors (Lipinski definition) is 6. The van der Waals surface area contributed by atoms with Crippen LogP contribution in [0.5, 0.6) is 0 Å². The Balaban J connectivity index is 1.78. The summed E-state index contributed by atoms with van der Waals surface area (Å²) in [7, 11) is -2.15. The lowest BCUT2D eigenvalue weighted by molar-refractivity contribution is 0.0238. The van der Waals surface area contributed by atoms with Gasteiger partial charge in [-0.25, -0.2) is 22.0 Å². The maximum absolute atomic E-state index is 13.7. The highest BCUT2D eigenvalue weighted by Crippen LogP contribution is 2.19. The third kappa shape index (κ3) is 8.34. The molecular weight excluding hydrogens is 512 g/mol. The van der Waals surface area contributed by atoms with Crippen LogP contribution in [0.4, 0.5) is 14.5 Å². The molecule has 38 heavy (non-hydrogen) atoms. The minimum atomic E-state index is -3.53. The Morgan fingerprint density at radius 1 is 1.00 bits per heavy atom. The highest BCUT2D eigenvalue weighted by molar-refractivity contribution is 7.92. The normalized spacial score (nSPS) is 13.1. The third-order valence-corrected chi connectivity index (χ3v) is 7.35. The van der Waals surface area contributed by atoms with Crippen molar-refractivity contribution < 1.29 is 26.7 Å². The molecule has 0 bridgehead atoms. The van der Waals surface area contributed by atoms with Gasteiger partial charge in [-0.15, -0.1) is 0 Å². The number of ether oxygens (including phenoxy) is 1. The van der Waals surface area contributed by atoms with Crippen molar-refractivity contribution in [3.8, 4) is 0 Å². The number of carbonyl (C=O) groups excluding carboxylic acids is 1. The van der Waals surface area contributed by atoms with Crippen molar-refractivity contribution in [3.63, 3.8) is 0 Å². The van der Waals surface area contributed by atoms with Crippen LogP contribution in [0.2, 0.25) is 0 Å². The van der Waals surface area contributed by atoms with Gasteiger partial charge in [0, 0.05) is 32.2 Å². The van der Waals surface area contributed by atoms with Gasteiger partial charge in [0.1, 0.15) is 17.7 Å². The van der Waals surface area contributed by atoms with E-state index in [2.05, 4.69) is 18.3 Å². The molecule has 0 aliphatic heterocycles. The highest BCUT2D eigenvalue weighted by atomic mass is 32.2. The minimum absolute atomic E-state index is 0.0660. The van der Waals surface area contributed by atoms with Gasteiger partial charge in [0.25, 0.3) is 0 Å². The summed E-state index contributed by atoms with van der Waals surface area (Å²) in [5, 5.41) is 3.26. The number of benzene rings is 3. The van der Waals surface area contributed by atoms with Crippen LogP contribution in [0.1, 0.15) is 34.0 Å². The second-order valence-corrected chi connectivity index (χ2v) is 11.2. The van der Waals surface area contributed by atoms with E-state index in [9.17, 15) is 22.0 Å². The van der Waals surface area contributed by atoms with E-state index >= 15 is 0 Å². The van der Waals surface area contributed by atoms with Crippen LogP contribution >= 0.6 is 0 Å². The van der Waals surface area contributed by atoms with Crippen LogP contribution in [-0.4, -0.2) is 46.4 Å². The fourth-order valence-electron chi connectivity index (χ4n) is 3.96. The molecule has 0 heterocycles. The van der Waals surface area contributed by atoms with E-state index < -0.39 is 39.8 Å². The van der Waals surface area contributed by atoms with Gasteiger partial charge in [0.05, 0.1) is 17.5 Å². The zero-order valence-electron chi connectivity index (χ0n) is 21.7. The first-order valence-electron chi connectivity index (χ1n) is 12.2. The van der Waals surface area contributed by atoms with Gasteiger partial charge in [0.15, 0.2) is 0 Å². The number of halogens is 2. The SMILES string of the molecule is CCc1cccc(CNCC(OC(=O)c2cccc(N(C)S(C)(=O)=O)c2)C(N)Cc2cc(F)cc(F)c2)c1. The third-order valence-electron chi connectivity index (χ3n) is 6.15. The van der Waals surface area contributed by atoms with Crippen molar-refractivity contribution in [2.45, 2.75) is 38.5 Å². The van der Waals surface area contributed by atoms with Crippen molar-refractivity contribution in [3.05, 3.63) is 101 Å². The molecule has 0 saturated heterocycles. The summed E-state index contributed by atoms with van der Waals surface area (Å²) < 4.78 is 58.1. The molecule has 0 saturated carbocycles. The molecule has 0 aliphatic carbocycles. The molecule has 3 rings (SSSR count). The number of carbonyl (C=O) groups is 1. The topological polar surface area (TPSA) is 102 Å². The lowest BCUT2D eigenvalue weighted by Gasteiger charge is -2.25. The summed E-state index contributed by atoms with van der Waals surface area (Å²) >= 11 is 0. The molecule has 0 fully saturated rings. The van der Waals surface area contributed by atoms with E-state index in [-0.39, 0.29) is 18.5 Å². The number of rotatable bonds is 12. The maximum Gasteiger partial charge on any atom is 0.338 e. The first-order valence-corrected chi connectivity index (χ1v) is 14.0. The monoisotopic (exact) mass is 545 g/mol. The molecule has 204 valence electrons. The summed E-state index contributed by atoms with van der Waals surface area (Å²) in [6.07, 6.45) is 1.18. The summed E-state index contributed by atoms with van der Waals surface area (Å²) in [5.41, 5.74) is 9.40. The van der Waals surface area contributed by atoms with E-state index in [0.717, 1.165) is 28.6 Å². The lowest BCUT2D eigenvalue weighted by atomic mass is 10.0. The molecule has 2 unspecified atom stereocenters. The Labute approximate surface area is 222 Å². The molecule has 2 atom stereocenters. The molecular formula is C28H33F2N3O4S. The van der Waals surface area contributed by atoms with Crippen molar-refractivity contribution in [2.75, 3.05) is 24.2 Å². The Kier molecular flexibility index (Phi) is 9.96. The smallest absolute Gasteiger partial charge is 0.338 e. The molecule has 3 aromatic carbocycles. The van der Waals surface area contributed by atoms with Crippen LogP contribution in [0, 0.1) is 11.6 Å². The van der Waals surface area contributed by atoms with E-state index in [1.165, 1.54) is 36.9 Å². The molecule has 0 aromatic heterocycles. The number of esters is 1. The molecule has 0 amide bonds. The average molecular weight is 546 g/mol. The largest absolute Gasteiger partial charge is 0.456 e. The Morgan fingerprint density at radius 2 is 1.66 bits per heavy atom. The van der Waals surface area contributed by atoms with Gasteiger partial charge in [-0.1, -0.05) is 37.3 Å². The van der Waals surface area contributed by atoms with Gasteiger partial charge < -0.3 is 15.8 Å². The van der Waals surface area contributed by atoms with Gasteiger partial charge in [0.2, 0.25) is 10.0 Å². The van der Waals surface area contributed by atoms with Crippen molar-refractivity contribution in [2.24, 2.45) is 5.73 Å². The van der Waals surface area contributed by atoms with Crippen LogP contribution < -0.4 is 15.4 Å². The quantitative estimate of drug-likeness (QED) is 0.336. The van der Waals surface area contributed by atoms with Crippen LogP contribution in [-0.2, 0) is 34.1 Å². The zero-order valence-corrected chi connectivity index (χ0v) is 22.5. The summed E-state index contributed by atoms with van der Waals surface area (Å²) in [5.74, 6) is -2.14. The fourth-order valence-corrected chi connectivity index (χ4v) is 4.45. The van der Waals surface area contributed by atoms with E-state index in [1.54, 1.807) is 12.1 Å². The molecule has 10 heteroatoms. The number of sulfonamides is 1. The number of nitrogens with zero attached hydrogens (tertiary/aromatic N) is 1. The molecule has 0 spiro atoms. The predicted molar refractivity (Wildman–Crippen MR) is 144 cm³/mol. The first kappa shape index (κ1) is 29.2. The molecule has 3 aromatic rings. The zero-order chi connectivity index (χ0) is 27.9. The molecule has 7 nitrogen and oxygen atoms in total. The maximum atomic E-state index is 13.7. The predicted octanol–water partition coefficient (Wildman–Crippen LogP) is 3.81. The Bertz CT molecular complexity index is 1350. The number of anilines is 1. The van der Waals surface area contributed by atoms with Crippen LogP contribution in [0.15, 0.2) is 66.7 Å². The van der Waals surface area contributed by atoms with Gasteiger partial charge in [-0.2, -0.15) is 0 Å². The Hall–Kier alpha value is -3.34. The number of hydrogen-bond donors (Lipinski definition) is 2. The van der Waals surface area contributed by atoms with Gasteiger partial charge in [-0.05, 0) is 59.9 Å². The first-order chi connectivity index (χ1) is 18.0. The number of aryl methyl sites for hydroxylation is 1. The van der Waals surface area contributed by atoms with Crippen molar-refractivity contribution in [1.29, 1.82) is 0 Å². The molecule has 0 aliphatic rings. The lowest BCUT2D eigenvalue weighted by Crippen LogP contribution is -2.46. The Morgan fingerprint density at radius 3 is 2.32 bits per heavy atom. The van der Waals surface area contributed by atoms with E-state index in [0.29, 0.717) is 17.8 Å². The standard InChI is InChI=1S/C28H33F2N3O4S/c1-4-19-7-5-8-20(11-19)17-32-18-27(26(31)14-21-12-23(29)16-24(30)13-21)37-28(34)22-9-6-10-25(15-22)33(2)38(3,35)36/h5-13,15-16,26-27,32H,4,14,17-18,31H2,1-3H3. The van der Waals surface area contributed by atoms with Crippen LogP contribution in [0.25, 0.3) is 0 Å². The summed E-state index contributed by atoms with van der Waals surface area (Å²) in [6.45, 7) is 2.75. The minimum Gasteiger partial charge on any atom is -0.456 e. The van der Waals surface area contributed by atoms with Crippen LogP contribution in [0.3, 0.4) is 0 Å². The van der Waals surface area contributed by atoms with Gasteiger partial charge >= 0.3 is 5.97 Å². The fraction of sp³-hybridized carbons (Fsp3) is 0.321. The summed E-state index contributed by atoms with van der Waals surface area (Å²) in [6, 6.07) is 16.5. The number of nitrogens with one attached hydrogen (secondary N) is 1. The highest BCUT2D eigenvalue weighted by Gasteiger charge is 2.24. The van der Waals surface area contributed by atoms with E-state index in [4.69, 9.17) is 10.5 Å². The second kappa shape index (κ2) is 12.9. The van der Waals surface area contributed by atoms with E-state index in [1.807, 2.05) is 18.2 Å².